The zero-order chi connectivity index (χ0) is 23.6. The molecular formula is C21H20F6N2O3. The number of para-hydroxylation sites is 1. The highest BCUT2D eigenvalue weighted by molar-refractivity contribution is 5.70. The summed E-state index contributed by atoms with van der Waals surface area (Å²) in [5.41, 5.74) is -1.43. The van der Waals surface area contributed by atoms with E-state index >= 15 is 0 Å². The number of hydrogen-bond acceptors (Lipinski definition) is 4. The fourth-order valence-electron chi connectivity index (χ4n) is 3.60. The summed E-state index contributed by atoms with van der Waals surface area (Å²) >= 11 is 0. The predicted molar refractivity (Wildman–Crippen MR) is 102 cm³/mol. The molecule has 0 aliphatic carbocycles. The fourth-order valence-corrected chi connectivity index (χ4v) is 3.60. The summed E-state index contributed by atoms with van der Waals surface area (Å²) in [4.78, 5) is 13.6. The number of carbonyl (C=O) groups is 1. The Bertz CT molecular complexity index is 893. The van der Waals surface area contributed by atoms with Gasteiger partial charge in [0.25, 0.3) is 6.10 Å². The van der Waals surface area contributed by atoms with E-state index in [9.17, 15) is 31.1 Å². The lowest BCUT2D eigenvalue weighted by atomic mass is 9.91. The van der Waals surface area contributed by atoms with Crippen LogP contribution in [0.25, 0.3) is 0 Å². The van der Waals surface area contributed by atoms with Crippen molar-refractivity contribution in [2.24, 2.45) is 0 Å². The van der Waals surface area contributed by atoms with Gasteiger partial charge in [-0.1, -0.05) is 48.5 Å². The molecule has 1 aliphatic rings. The summed E-state index contributed by atoms with van der Waals surface area (Å²) < 4.78 is 88.3. The number of benzene rings is 2. The highest BCUT2D eigenvalue weighted by atomic mass is 19.4. The maximum atomic E-state index is 13.0. The third-order valence-electron chi connectivity index (χ3n) is 5.01. The first-order valence-electron chi connectivity index (χ1n) is 9.61. The van der Waals surface area contributed by atoms with Crippen LogP contribution in [0.3, 0.4) is 0 Å². The number of nitrogens with zero attached hydrogens (tertiary/aromatic N) is 1. The molecule has 0 aromatic heterocycles. The maximum absolute atomic E-state index is 13.0. The lowest BCUT2D eigenvalue weighted by Crippen LogP contribution is -2.69. The lowest BCUT2D eigenvalue weighted by molar-refractivity contribution is -0.310. The minimum atomic E-state index is -5.83. The molecule has 1 N–H and O–H groups in total. The first kappa shape index (κ1) is 23.7. The average Bonchev–Trinajstić information content (AvgIpc) is 2.73. The standard InChI is InChI=1S/C21H20F6N2O3/c1-14-19(15-8-4-2-5-9-15,32-16-10-6-3-7-11-16)29(13-12-28-14)18(30)31-17(20(22,23)24)21(25,26)27/h2-11,14,17,28H,12-13H2,1H3. The first-order valence-corrected chi connectivity index (χ1v) is 9.61. The summed E-state index contributed by atoms with van der Waals surface area (Å²) in [5, 5.41) is 3.07. The maximum Gasteiger partial charge on any atom is 0.434 e. The van der Waals surface area contributed by atoms with Crippen molar-refractivity contribution in [2.45, 2.75) is 37.1 Å². The molecule has 1 heterocycles. The van der Waals surface area contributed by atoms with Crippen molar-refractivity contribution in [3.8, 4) is 5.75 Å². The molecule has 3 rings (SSSR count). The number of hydrogen-bond donors (Lipinski definition) is 1. The van der Waals surface area contributed by atoms with Crippen molar-refractivity contribution in [3.05, 3.63) is 66.2 Å². The smallest absolute Gasteiger partial charge is 0.434 e. The quantitative estimate of drug-likeness (QED) is 0.661. The number of halogens is 6. The van der Waals surface area contributed by atoms with Gasteiger partial charge in [0.1, 0.15) is 5.75 Å². The molecule has 1 fully saturated rings. The highest BCUT2D eigenvalue weighted by Gasteiger charge is 2.61. The minimum absolute atomic E-state index is 0.103. The molecule has 0 spiro atoms. The fraction of sp³-hybridized carbons (Fsp3) is 0.381. The van der Waals surface area contributed by atoms with Crippen LogP contribution in [0.1, 0.15) is 12.5 Å². The van der Waals surface area contributed by atoms with Crippen molar-refractivity contribution in [3.63, 3.8) is 0 Å². The van der Waals surface area contributed by atoms with E-state index in [4.69, 9.17) is 4.74 Å². The molecule has 1 aliphatic heterocycles. The number of carbonyl (C=O) groups excluding carboxylic acids is 1. The van der Waals surface area contributed by atoms with Crippen LogP contribution in [0.4, 0.5) is 31.1 Å². The molecule has 0 radical (unpaired) electrons. The summed E-state index contributed by atoms with van der Waals surface area (Å²) in [6.07, 6.45) is -17.7. The van der Waals surface area contributed by atoms with Crippen molar-refractivity contribution < 1.29 is 40.6 Å². The van der Waals surface area contributed by atoms with E-state index in [-0.39, 0.29) is 18.8 Å². The number of rotatable bonds is 4. The number of ether oxygens (including phenoxy) is 2. The van der Waals surface area contributed by atoms with Gasteiger partial charge in [0.05, 0.1) is 6.04 Å². The van der Waals surface area contributed by atoms with Gasteiger partial charge in [0, 0.05) is 18.7 Å². The van der Waals surface area contributed by atoms with Gasteiger partial charge in [-0.05, 0) is 19.1 Å². The molecule has 0 saturated carbocycles. The zero-order valence-corrected chi connectivity index (χ0v) is 16.8. The van der Waals surface area contributed by atoms with Crippen LogP contribution in [-0.4, -0.2) is 48.6 Å². The van der Waals surface area contributed by atoms with Crippen LogP contribution < -0.4 is 10.1 Å². The molecule has 2 aromatic rings. The van der Waals surface area contributed by atoms with Crippen molar-refractivity contribution in [1.29, 1.82) is 0 Å². The van der Waals surface area contributed by atoms with Gasteiger partial charge in [-0.3, -0.25) is 4.90 Å². The summed E-state index contributed by atoms with van der Waals surface area (Å²) in [6.45, 7) is 1.46. The van der Waals surface area contributed by atoms with Crippen LogP contribution in [0, 0.1) is 0 Å². The van der Waals surface area contributed by atoms with Crippen LogP contribution in [0.2, 0.25) is 0 Å². The first-order chi connectivity index (χ1) is 15.0. The lowest BCUT2D eigenvalue weighted by Gasteiger charge is -2.50. The van der Waals surface area contributed by atoms with Crippen LogP contribution in [-0.2, 0) is 10.5 Å². The molecule has 0 bridgehead atoms. The molecule has 2 aromatic carbocycles. The van der Waals surface area contributed by atoms with E-state index in [1.165, 1.54) is 0 Å². The Hall–Kier alpha value is -2.95. The van der Waals surface area contributed by atoms with Crippen molar-refractivity contribution in [1.82, 2.24) is 10.2 Å². The van der Waals surface area contributed by atoms with E-state index in [1.54, 1.807) is 67.6 Å². The van der Waals surface area contributed by atoms with E-state index in [0.29, 0.717) is 5.56 Å². The second-order valence-corrected chi connectivity index (χ2v) is 7.15. The number of alkyl halides is 6. The monoisotopic (exact) mass is 462 g/mol. The van der Waals surface area contributed by atoms with Gasteiger partial charge < -0.3 is 14.8 Å². The predicted octanol–water partition coefficient (Wildman–Crippen LogP) is 4.84. The third-order valence-corrected chi connectivity index (χ3v) is 5.01. The molecule has 2 unspecified atom stereocenters. The van der Waals surface area contributed by atoms with Gasteiger partial charge >= 0.3 is 18.4 Å². The minimum Gasteiger partial charge on any atom is -0.462 e. The van der Waals surface area contributed by atoms with Gasteiger partial charge in [-0.15, -0.1) is 0 Å². The van der Waals surface area contributed by atoms with Gasteiger partial charge in [0.15, 0.2) is 0 Å². The molecule has 5 nitrogen and oxygen atoms in total. The van der Waals surface area contributed by atoms with Crippen LogP contribution in [0.15, 0.2) is 60.7 Å². The Morgan fingerprint density at radius 3 is 2.06 bits per heavy atom. The Morgan fingerprint density at radius 2 is 1.53 bits per heavy atom. The Morgan fingerprint density at radius 1 is 1.00 bits per heavy atom. The van der Waals surface area contributed by atoms with Gasteiger partial charge in [-0.2, -0.15) is 26.3 Å². The summed E-state index contributed by atoms with van der Waals surface area (Å²) in [5.74, 6) is 0.257. The van der Waals surface area contributed by atoms with E-state index < -0.39 is 36.3 Å². The van der Waals surface area contributed by atoms with Crippen molar-refractivity contribution >= 4 is 6.09 Å². The molecule has 2 atom stereocenters. The van der Waals surface area contributed by atoms with Gasteiger partial charge in [-0.25, -0.2) is 4.79 Å². The average molecular weight is 462 g/mol. The Kier molecular flexibility index (Phi) is 6.59. The Labute approximate surface area is 179 Å². The molecule has 11 heteroatoms. The largest absolute Gasteiger partial charge is 0.462 e. The van der Waals surface area contributed by atoms with Gasteiger partial charge in [0.2, 0.25) is 5.72 Å². The highest BCUT2D eigenvalue weighted by Crippen LogP contribution is 2.40. The molecular weight excluding hydrogens is 442 g/mol. The molecule has 32 heavy (non-hydrogen) atoms. The number of nitrogens with one attached hydrogen (secondary N) is 1. The second-order valence-electron chi connectivity index (χ2n) is 7.15. The Balaban J connectivity index is 2.07. The van der Waals surface area contributed by atoms with E-state index in [1.807, 2.05) is 0 Å². The third kappa shape index (κ3) is 4.77. The van der Waals surface area contributed by atoms with Crippen LogP contribution >= 0.6 is 0 Å². The molecule has 174 valence electrons. The topological polar surface area (TPSA) is 50.8 Å². The zero-order valence-electron chi connectivity index (χ0n) is 16.8. The number of amides is 1. The molecule has 1 saturated heterocycles. The summed E-state index contributed by atoms with van der Waals surface area (Å²) in [6, 6.07) is 15.4. The SMILES string of the molecule is CC1NCCN(C(=O)OC(C(F)(F)F)C(F)(F)F)C1(Oc1ccccc1)c1ccccc1. The summed E-state index contributed by atoms with van der Waals surface area (Å²) in [7, 11) is 0. The molecule has 1 amide bonds. The van der Waals surface area contributed by atoms with E-state index in [2.05, 4.69) is 10.1 Å². The van der Waals surface area contributed by atoms with Crippen LogP contribution in [0.5, 0.6) is 5.75 Å². The van der Waals surface area contributed by atoms with E-state index in [0.717, 1.165) is 4.90 Å². The second kappa shape index (κ2) is 8.89. The number of piperazine rings is 1. The van der Waals surface area contributed by atoms with Crippen molar-refractivity contribution in [2.75, 3.05) is 13.1 Å². The normalized spacial score (nSPS) is 22.0.